The number of fused-ring (bicyclic) bond motifs is 1. The molecule has 3 heterocycles. The van der Waals surface area contributed by atoms with Gasteiger partial charge in [0.15, 0.2) is 11.5 Å². The molecular weight excluding hydrogens is 373 g/mol. The van der Waals surface area contributed by atoms with E-state index in [1.54, 1.807) is 41.3 Å². The third-order valence-electron chi connectivity index (χ3n) is 3.78. The number of rotatable bonds is 4. The highest BCUT2D eigenvalue weighted by Gasteiger charge is 2.13. The third kappa shape index (κ3) is 3.31. The topological polar surface area (TPSA) is 72.1 Å². The molecule has 0 fully saturated rings. The van der Waals surface area contributed by atoms with Gasteiger partial charge in [-0.2, -0.15) is 4.52 Å². The van der Waals surface area contributed by atoms with Crippen LogP contribution in [-0.4, -0.2) is 36.8 Å². The van der Waals surface area contributed by atoms with E-state index in [4.69, 9.17) is 23.2 Å². The summed E-state index contributed by atoms with van der Waals surface area (Å²) in [5.74, 6) is 1.32. The van der Waals surface area contributed by atoms with Crippen LogP contribution in [0.3, 0.4) is 0 Å². The predicted molar refractivity (Wildman–Crippen MR) is 100 cm³/mol. The number of halogens is 2. The highest BCUT2D eigenvalue weighted by atomic mass is 35.5. The van der Waals surface area contributed by atoms with E-state index in [0.29, 0.717) is 28.1 Å². The number of hydrogen-bond acceptors (Lipinski definition) is 6. The van der Waals surface area contributed by atoms with Crippen molar-refractivity contribution >= 4 is 34.7 Å². The fraction of sp³-hybridized carbons (Fsp3) is 0.118. The van der Waals surface area contributed by atoms with Gasteiger partial charge in [-0.05, 0) is 30.3 Å². The summed E-state index contributed by atoms with van der Waals surface area (Å²) >= 11 is 12.2. The first-order chi connectivity index (χ1) is 12.6. The van der Waals surface area contributed by atoms with Crippen LogP contribution in [0.2, 0.25) is 10.0 Å². The zero-order chi connectivity index (χ0) is 18.1. The molecule has 4 aromatic rings. The van der Waals surface area contributed by atoms with Crippen molar-refractivity contribution in [1.29, 1.82) is 0 Å². The summed E-state index contributed by atoms with van der Waals surface area (Å²) in [5, 5.41) is 14.1. The van der Waals surface area contributed by atoms with Gasteiger partial charge in [0.2, 0.25) is 0 Å². The molecule has 0 aliphatic rings. The Balaban J connectivity index is 1.72. The maximum atomic E-state index is 6.11. The fourth-order valence-corrected chi connectivity index (χ4v) is 3.11. The van der Waals surface area contributed by atoms with Crippen LogP contribution < -0.4 is 4.90 Å². The minimum absolute atomic E-state index is 0.528. The molecule has 0 aliphatic heterocycles. The monoisotopic (exact) mass is 385 g/mol. The van der Waals surface area contributed by atoms with Crippen molar-refractivity contribution < 1.29 is 0 Å². The van der Waals surface area contributed by atoms with Crippen LogP contribution in [0, 0.1) is 0 Å². The zero-order valence-corrected chi connectivity index (χ0v) is 15.2. The van der Waals surface area contributed by atoms with Crippen molar-refractivity contribution in [2.75, 3.05) is 11.9 Å². The maximum absolute atomic E-state index is 6.11. The Morgan fingerprint density at radius 1 is 1.04 bits per heavy atom. The van der Waals surface area contributed by atoms with Gasteiger partial charge in [-0.25, -0.2) is 0 Å². The Morgan fingerprint density at radius 2 is 1.85 bits per heavy atom. The van der Waals surface area contributed by atoms with E-state index in [0.717, 1.165) is 17.1 Å². The van der Waals surface area contributed by atoms with Gasteiger partial charge < -0.3 is 4.90 Å². The van der Waals surface area contributed by atoms with Crippen LogP contribution in [0.1, 0.15) is 5.69 Å². The van der Waals surface area contributed by atoms with Gasteiger partial charge in [0.05, 0.1) is 18.4 Å². The summed E-state index contributed by atoms with van der Waals surface area (Å²) in [7, 11) is 1.93. The third-order valence-corrected chi connectivity index (χ3v) is 4.21. The number of nitrogens with zero attached hydrogens (tertiary/aromatic N) is 7. The van der Waals surface area contributed by atoms with Crippen LogP contribution in [-0.2, 0) is 6.54 Å². The van der Waals surface area contributed by atoms with Gasteiger partial charge in [-0.3, -0.25) is 9.97 Å². The summed E-state index contributed by atoms with van der Waals surface area (Å²) in [6.45, 7) is 0.576. The molecule has 0 spiro atoms. The van der Waals surface area contributed by atoms with Crippen molar-refractivity contribution in [3.8, 4) is 11.4 Å². The second kappa shape index (κ2) is 6.86. The van der Waals surface area contributed by atoms with E-state index in [2.05, 4.69) is 25.3 Å². The number of hydrogen-bond donors (Lipinski definition) is 0. The van der Waals surface area contributed by atoms with Crippen LogP contribution in [0.5, 0.6) is 0 Å². The molecule has 9 heteroatoms. The molecule has 0 N–H and O–H groups in total. The van der Waals surface area contributed by atoms with Gasteiger partial charge in [-0.15, -0.1) is 15.3 Å². The maximum Gasteiger partial charge on any atom is 0.185 e. The molecule has 4 rings (SSSR count). The molecule has 0 saturated carbocycles. The summed E-state index contributed by atoms with van der Waals surface area (Å²) in [6.07, 6.45) is 5.04. The summed E-state index contributed by atoms with van der Waals surface area (Å²) in [4.78, 5) is 10.3. The molecule has 0 amide bonds. The van der Waals surface area contributed by atoms with Gasteiger partial charge in [0, 0.05) is 35.1 Å². The van der Waals surface area contributed by atoms with E-state index in [1.165, 1.54) is 0 Å². The minimum atomic E-state index is 0.528. The molecule has 7 nitrogen and oxygen atoms in total. The van der Waals surface area contributed by atoms with Crippen LogP contribution >= 0.6 is 23.2 Å². The zero-order valence-electron chi connectivity index (χ0n) is 13.7. The van der Waals surface area contributed by atoms with Gasteiger partial charge >= 0.3 is 0 Å². The number of anilines is 1. The fourth-order valence-electron chi connectivity index (χ4n) is 2.58. The summed E-state index contributed by atoms with van der Waals surface area (Å²) in [5.41, 5.74) is 2.23. The average molecular weight is 386 g/mol. The first-order valence-corrected chi connectivity index (χ1v) is 8.51. The average Bonchev–Trinajstić information content (AvgIpc) is 3.05. The lowest BCUT2D eigenvalue weighted by molar-refractivity contribution is 0.820. The Labute approximate surface area is 159 Å². The molecule has 0 bridgehead atoms. The SMILES string of the molecule is CN(Cc1cnccn1)c1ccc2nnc(-c3cc(Cl)cc(Cl)c3)n2n1. The lowest BCUT2D eigenvalue weighted by Gasteiger charge is -2.17. The summed E-state index contributed by atoms with van der Waals surface area (Å²) < 4.78 is 1.67. The quantitative estimate of drug-likeness (QED) is 0.535. The molecule has 1 aromatic carbocycles. The molecule has 0 unspecified atom stereocenters. The standard InChI is InChI=1S/C17H13Cl2N7/c1-25(10-14-9-20-4-5-21-14)16-3-2-15-22-23-17(26(15)24-16)11-6-12(18)8-13(19)7-11/h2-9H,10H2,1H3. The van der Waals surface area contributed by atoms with E-state index in [1.807, 2.05) is 24.1 Å². The molecular formula is C17H13Cl2N7. The van der Waals surface area contributed by atoms with Crippen molar-refractivity contribution in [1.82, 2.24) is 29.8 Å². The van der Waals surface area contributed by atoms with E-state index in [9.17, 15) is 0 Å². The van der Waals surface area contributed by atoms with Crippen LogP contribution in [0.4, 0.5) is 5.82 Å². The first-order valence-electron chi connectivity index (χ1n) is 7.75. The molecule has 3 aromatic heterocycles. The second-order valence-corrected chi connectivity index (χ2v) is 6.57. The lowest BCUT2D eigenvalue weighted by Crippen LogP contribution is -2.19. The Hall–Kier alpha value is -2.77. The van der Waals surface area contributed by atoms with Crippen LogP contribution in [0.15, 0.2) is 48.9 Å². The van der Waals surface area contributed by atoms with E-state index in [-0.39, 0.29) is 0 Å². The Kier molecular flexibility index (Phi) is 4.40. The van der Waals surface area contributed by atoms with E-state index < -0.39 is 0 Å². The minimum Gasteiger partial charge on any atom is -0.352 e. The van der Waals surface area contributed by atoms with Crippen molar-refractivity contribution in [2.24, 2.45) is 0 Å². The van der Waals surface area contributed by atoms with Crippen molar-refractivity contribution in [3.63, 3.8) is 0 Å². The normalized spacial score (nSPS) is 11.0. The molecule has 130 valence electrons. The van der Waals surface area contributed by atoms with Gasteiger partial charge in [0.1, 0.15) is 5.82 Å². The van der Waals surface area contributed by atoms with Crippen molar-refractivity contribution in [3.05, 3.63) is 64.7 Å². The van der Waals surface area contributed by atoms with Gasteiger partial charge in [-0.1, -0.05) is 23.2 Å². The predicted octanol–water partition coefficient (Wildman–Crippen LogP) is 3.52. The molecule has 26 heavy (non-hydrogen) atoms. The first kappa shape index (κ1) is 16.7. The highest BCUT2D eigenvalue weighted by Crippen LogP contribution is 2.26. The molecule has 0 aliphatic carbocycles. The molecule has 0 atom stereocenters. The second-order valence-electron chi connectivity index (χ2n) is 5.70. The van der Waals surface area contributed by atoms with Crippen molar-refractivity contribution in [2.45, 2.75) is 6.54 Å². The molecule has 0 radical (unpaired) electrons. The van der Waals surface area contributed by atoms with Crippen LogP contribution in [0.25, 0.3) is 17.0 Å². The Bertz CT molecular complexity index is 1050. The highest BCUT2D eigenvalue weighted by molar-refractivity contribution is 6.35. The smallest absolute Gasteiger partial charge is 0.185 e. The largest absolute Gasteiger partial charge is 0.352 e. The number of aromatic nitrogens is 6. The van der Waals surface area contributed by atoms with E-state index >= 15 is 0 Å². The summed E-state index contributed by atoms with van der Waals surface area (Å²) in [6, 6.07) is 8.97. The Morgan fingerprint density at radius 3 is 2.58 bits per heavy atom. The lowest BCUT2D eigenvalue weighted by atomic mass is 10.2. The number of benzene rings is 1. The molecule has 0 saturated heterocycles. The van der Waals surface area contributed by atoms with Gasteiger partial charge in [0.25, 0.3) is 0 Å².